The van der Waals surface area contributed by atoms with Crippen molar-refractivity contribution in [3.05, 3.63) is 40.7 Å². The van der Waals surface area contributed by atoms with Gasteiger partial charge in [-0.05, 0) is 50.1 Å². The summed E-state index contributed by atoms with van der Waals surface area (Å²) in [6, 6.07) is 5.91. The Hall–Kier alpha value is -2.67. The number of aromatic nitrogens is 2. The van der Waals surface area contributed by atoms with E-state index in [1.165, 1.54) is 0 Å². The van der Waals surface area contributed by atoms with Crippen LogP contribution >= 0.6 is 0 Å². The standard InChI is InChI=1S/C18H21N5O2/c1-11-9-12(22-8-2-3-16(22)24)4-5-14(11)23-15-10-20-7-6-13(15)17(21-23)18(19)25/h4-5,9,20H,2-3,6-8,10H2,1H3,(H2,19,25). The van der Waals surface area contributed by atoms with Gasteiger partial charge >= 0.3 is 0 Å². The molecule has 0 saturated carbocycles. The molecule has 130 valence electrons. The number of hydrogen-bond acceptors (Lipinski definition) is 4. The fourth-order valence-electron chi connectivity index (χ4n) is 3.71. The minimum atomic E-state index is -0.492. The van der Waals surface area contributed by atoms with Gasteiger partial charge in [0.05, 0.1) is 11.4 Å². The average Bonchev–Trinajstić information content (AvgIpc) is 3.19. The lowest BCUT2D eigenvalue weighted by atomic mass is 10.1. The highest BCUT2D eigenvalue weighted by Gasteiger charge is 2.26. The molecule has 3 N–H and O–H groups in total. The second-order valence-corrected chi connectivity index (χ2v) is 6.60. The van der Waals surface area contributed by atoms with Crippen molar-refractivity contribution in [2.24, 2.45) is 5.73 Å². The summed E-state index contributed by atoms with van der Waals surface area (Å²) < 4.78 is 1.81. The van der Waals surface area contributed by atoms with Crippen LogP contribution in [0.15, 0.2) is 18.2 Å². The normalized spacial score (nSPS) is 17.0. The lowest BCUT2D eigenvalue weighted by Crippen LogP contribution is -2.26. The predicted molar refractivity (Wildman–Crippen MR) is 93.8 cm³/mol. The number of primary amides is 1. The highest BCUT2D eigenvalue weighted by Crippen LogP contribution is 2.28. The lowest BCUT2D eigenvalue weighted by Gasteiger charge is -2.19. The molecular weight excluding hydrogens is 318 g/mol. The maximum atomic E-state index is 12.0. The highest BCUT2D eigenvalue weighted by atomic mass is 16.2. The number of anilines is 1. The maximum absolute atomic E-state index is 12.0. The first kappa shape index (κ1) is 15.8. The van der Waals surface area contributed by atoms with Gasteiger partial charge in [0.2, 0.25) is 5.91 Å². The van der Waals surface area contributed by atoms with E-state index in [9.17, 15) is 9.59 Å². The van der Waals surface area contributed by atoms with Crippen LogP contribution in [0.4, 0.5) is 5.69 Å². The van der Waals surface area contributed by atoms with Gasteiger partial charge in [0, 0.05) is 30.8 Å². The summed E-state index contributed by atoms with van der Waals surface area (Å²) >= 11 is 0. The van der Waals surface area contributed by atoms with Gasteiger partial charge in [-0.1, -0.05) is 0 Å². The van der Waals surface area contributed by atoms with Crippen LogP contribution in [0, 0.1) is 6.92 Å². The van der Waals surface area contributed by atoms with E-state index in [1.807, 2.05) is 34.7 Å². The number of nitrogens with zero attached hydrogens (tertiary/aromatic N) is 3. The third-order valence-electron chi connectivity index (χ3n) is 4.96. The molecule has 2 aliphatic rings. The lowest BCUT2D eigenvalue weighted by molar-refractivity contribution is -0.117. The molecule has 0 aliphatic carbocycles. The molecule has 2 aromatic rings. The number of aryl methyl sites for hydroxylation is 1. The van der Waals surface area contributed by atoms with Crippen molar-refractivity contribution >= 4 is 17.5 Å². The molecule has 4 rings (SSSR count). The summed E-state index contributed by atoms with van der Waals surface area (Å²) in [5.74, 6) is -0.322. The Morgan fingerprint density at radius 3 is 2.84 bits per heavy atom. The van der Waals surface area contributed by atoms with Gasteiger partial charge in [0.1, 0.15) is 0 Å². The molecule has 1 fully saturated rings. The number of carbonyl (C=O) groups is 2. The van der Waals surface area contributed by atoms with Crippen molar-refractivity contribution in [2.45, 2.75) is 32.7 Å². The zero-order valence-corrected chi connectivity index (χ0v) is 14.2. The summed E-state index contributed by atoms with van der Waals surface area (Å²) in [6.45, 7) is 4.23. The molecule has 0 atom stereocenters. The zero-order chi connectivity index (χ0) is 17.6. The first-order valence-corrected chi connectivity index (χ1v) is 8.59. The minimum absolute atomic E-state index is 0.170. The van der Waals surface area contributed by atoms with Crippen LogP contribution in [0.3, 0.4) is 0 Å². The van der Waals surface area contributed by atoms with E-state index in [4.69, 9.17) is 5.73 Å². The van der Waals surface area contributed by atoms with Crippen LogP contribution < -0.4 is 16.0 Å². The Bertz CT molecular complexity index is 871. The summed E-state index contributed by atoms with van der Waals surface area (Å²) in [5, 5.41) is 7.81. The smallest absolute Gasteiger partial charge is 0.269 e. The first-order valence-electron chi connectivity index (χ1n) is 8.59. The number of hydrogen-bond donors (Lipinski definition) is 2. The van der Waals surface area contributed by atoms with Crippen LogP contribution in [0.1, 0.15) is 40.2 Å². The predicted octanol–water partition coefficient (Wildman–Crippen LogP) is 1.05. The van der Waals surface area contributed by atoms with Gasteiger partial charge < -0.3 is 16.0 Å². The van der Waals surface area contributed by atoms with Gasteiger partial charge in [0.15, 0.2) is 5.69 Å². The van der Waals surface area contributed by atoms with E-state index in [0.29, 0.717) is 18.7 Å². The molecular formula is C18H21N5O2. The van der Waals surface area contributed by atoms with Crippen LogP contribution in [0.2, 0.25) is 0 Å². The summed E-state index contributed by atoms with van der Waals surface area (Å²) in [5.41, 5.74) is 10.6. The Morgan fingerprint density at radius 2 is 2.16 bits per heavy atom. The van der Waals surface area contributed by atoms with Gasteiger partial charge in [-0.2, -0.15) is 5.10 Å². The molecule has 0 bridgehead atoms. The molecule has 1 aromatic heterocycles. The third kappa shape index (κ3) is 2.60. The number of rotatable bonds is 3. The number of nitrogens with two attached hydrogens (primary N) is 1. The minimum Gasteiger partial charge on any atom is -0.364 e. The molecule has 25 heavy (non-hydrogen) atoms. The monoisotopic (exact) mass is 339 g/mol. The molecule has 1 saturated heterocycles. The number of fused-ring (bicyclic) bond motifs is 1. The van der Waals surface area contributed by atoms with Crippen LogP contribution in [0.25, 0.3) is 5.69 Å². The van der Waals surface area contributed by atoms with Crippen molar-refractivity contribution < 1.29 is 9.59 Å². The Morgan fingerprint density at radius 1 is 1.32 bits per heavy atom. The molecule has 3 heterocycles. The molecule has 2 aliphatic heterocycles. The second kappa shape index (κ2) is 6.00. The number of benzene rings is 1. The summed E-state index contributed by atoms with van der Waals surface area (Å²) in [7, 11) is 0. The molecule has 0 radical (unpaired) electrons. The van der Waals surface area contributed by atoms with Crippen molar-refractivity contribution in [1.29, 1.82) is 0 Å². The molecule has 0 unspecified atom stereocenters. The largest absolute Gasteiger partial charge is 0.364 e. The quantitative estimate of drug-likeness (QED) is 0.874. The maximum Gasteiger partial charge on any atom is 0.269 e. The van der Waals surface area contributed by atoms with Crippen molar-refractivity contribution in [3.63, 3.8) is 0 Å². The Balaban J connectivity index is 1.77. The van der Waals surface area contributed by atoms with Gasteiger partial charge in [-0.25, -0.2) is 4.68 Å². The van der Waals surface area contributed by atoms with Crippen LogP contribution in [-0.2, 0) is 17.8 Å². The number of carbonyl (C=O) groups excluding carboxylic acids is 2. The van der Waals surface area contributed by atoms with E-state index in [-0.39, 0.29) is 5.91 Å². The number of nitrogens with one attached hydrogen (secondary N) is 1. The molecule has 1 aromatic carbocycles. The SMILES string of the molecule is Cc1cc(N2CCCC2=O)ccc1-n1nc(C(N)=O)c2c1CNCC2. The average molecular weight is 339 g/mol. The first-order chi connectivity index (χ1) is 12.1. The van der Waals surface area contributed by atoms with Gasteiger partial charge in [0.25, 0.3) is 5.91 Å². The van der Waals surface area contributed by atoms with Gasteiger partial charge in [-0.15, -0.1) is 0 Å². The van der Waals surface area contributed by atoms with Crippen molar-refractivity contribution in [2.75, 3.05) is 18.0 Å². The van der Waals surface area contributed by atoms with Crippen LogP contribution in [0.5, 0.6) is 0 Å². The molecule has 7 heteroatoms. The van der Waals surface area contributed by atoms with Crippen molar-refractivity contribution in [3.8, 4) is 5.69 Å². The fourth-order valence-corrected chi connectivity index (χ4v) is 3.71. The zero-order valence-electron chi connectivity index (χ0n) is 14.2. The Labute approximate surface area is 145 Å². The fraction of sp³-hybridized carbons (Fsp3) is 0.389. The van der Waals surface area contributed by atoms with E-state index >= 15 is 0 Å². The van der Waals surface area contributed by atoms with Gasteiger partial charge in [-0.3, -0.25) is 9.59 Å². The topological polar surface area (TPSA) is 93.2 Å². The highest BCUT2D eigenvalue weighted by molar-refractivity contribution is 5.95. The van der Waals surface area contributed by atoms with Crippen molar-refractivity contribution in [1.82, 2.24) is 15.1 Å². The van der Waals surface area contributed by atoms with E-state index in [1.54, 1.807) is 0 Å². The number of amides is 2. The van der Waals surface area contributed by atoms with E-state index < -0.39 is 5.91 Å². The molecule has 0 spiro atoms. The third-order valence-corrected chi connectivity index (χ3v) is 4.96. The second-order valence-electron chi connectivity index (χ2n) is 6.60. The van der Waals surface area contributed by atoms with E-state index in [0.717, 1.165) is 54.1 Å². The summed E-state index contributed by atoms with van der Waals surface area (Å²) in [6.07, 6.45) is 2.26. The van der Waals surface area contributed by atoms with E-state index in [2.05, 4.69) is 10.4 Å². The molecule has 7 nitrogen and oxygen atoms in total. The molecule has 2 amide bonds. The Kier molecular flexibility index (Phi) is 3.80. The summed E-state index contributed by atoms with van der Waals surface area (Å²) in [4.78, 5) is 25.5. The van der Waals surface area contributed by atoms with Crippen LogP contribution in [-0.4, -0.2) is 34.7 Å².